The Labute approximate surface area is 97.6 Å². The van der Waals surface area contributed by atoms with E-state index < -0.39 is 5.97 Å². The van der Waals surface area contributed by atoms with Gasteiger partial charge in [0.25, 0.3) is 0 Å². The number of hydrogen-bond acceptors (Lipinski definition) is 4. The second-order valence-corrected chi connectivity index (χ2v) is 3.43. The number of aromatic carboxylic acids is 1. The largest absolute Gasteiger partial charge is 0.487 e. The number of ether oxygens (including phenoxy) is 2. The van der Waals surface area contributed by atoms with Crippen molar-refractivity contribution in [2.24, 2.45) is 0 Å². The maximum absolute atomic E-state index is 10.8. The van der Waals surface area contributed by atoms with Crippen molar-refractivity contribution in [1.82, 2.24) is 0 Å². The van der Waals surface area contributed by atoms with E-state index in [0.29, 0.717) is 29.9 Å². The molecular formula is C12H12O5. The molecule has 90 valence electrons. The maximum Gasteiger partial charge on any atom is 0.371 e. The van der Waals surface area contributed by atoms with Crippen LogP contribution in [-0.2, 0) is 4.74 Å². The van der Waals surface area contributed by atoms with Crippen molar-refractivity contribution in [1.29, 1.82) is 0 Å². The Kier molecular flexibility index (Phi) is 3.30. The van der Waals surface area contributed by atoms with E-state index >= 15 is 0 Å². The van der Waals surface area contributed by atoms with Crippen LogP contribution in [0, 0.1) is 0 Å². The third-order valence-electron chi connectivity index (χ3n) is 2.26. The Morgan fingerprint density at radius 1 is 1.41 bits per heavy atom. The Morgan fingerprint density at radius 3 is 2.94 bits per heavy atom. The molecule has 2 rings (SSSR count). The van der Waals surface area contributed by atoms with Crippen LogP contribution in [-0.4, -0.2) is 31.4 Å². The van der Waals surface area contributed by atoms with Gasteiger partial charge in [0.2, 0.25) is 5.76 Å². The summed E-state index contributed by atoms with van der Waals surface area (Å²) in [6.07, 6.45) is 0. The smallest absolute Gasteiger partial charge is 0.371 e. The predicted molar refractivity (Wildman–Crippen MR) is 60.5 cm³/mol. The average molecular weight is 236 g/mol. The van der Waals surface area contributed by atoms with Gasteiger partial charge in [-0.1, -0.05) is 12.1 Å². The number of fused-ring (bicyclic) bond motifs is 1. The molecule has 0 aliphatic rings. The molecule has 0 fully saturated rings. The molecule has 2 aromatic rings. The van der Waals surface area contributed by atoms with Crippen LogP contribution >= 0.6 is 0 Å². The van der Waals surface area contributed by atoms with Crippen molar-refractivity contribution < 1.29 is 23.8 Å². The van der Waals surface area contributed by atoms with Crippen molar-refractivity contribution in [3.05, 3.63) is 30.0 Å². The lowest BCUT2D eigenvalue weighted by molar-refractivity contribution is 0.0664. The summed E-state index contributed by atoms with van der Waals surface area (Å²) in [5.41, 5.74) is 0.445. The molecule has 1 aromatic carbocycles. The van der Waals surface area contributed by atoms with E-state index in [1.807, 2.05) is 0 Å². The first-order chi connectivity index (χ1) is 8.22. The monoisotopic (exact) mass is 236 g/mol. The summed E-state index contributed by atoms with van der Waals surface area (Å²) < 4.78 is 15.5. The van der Waals surface area contributed by atoms with Crippen LogP contribution in [0.15, 0.2) is 28.7 Å². The van der Waals surface area contributed by atoms with Crippen LogP contribution in [0.1, 0.15) is 10.6 Å². The first-order valence-electron chi connectivity index (χ1n) is 5.10. The van der Waals surface area contributed by atoms with Crippen LogP contribution in [0.2, 0.25) is 0 Å². The second-order valence-electron chi connectivity index (χ2n) is 3.43. The molecule has 0 bridgehead atoms. The first-order valence-corrected chi connectivity index (χ1v) is 5.10. The second kappa shape index (κ2) is 4.88. The fourth-order valence-electron chi connectivity index (χ4n) is 1.49. The third kappa shape index (κ3) is 2.39. The quantitative estimate of drug-likeness (QED) is 0.805. The van der Waals surface area contributed by atoms with Crippen LogP contribution in [0.25, 0.3) is 11.0 Å². The van der Waals surface area contributed by atoms with Gasteiger partial charge >= 0.3 is 5.97 Å². The molecule has 1 heterocycles. The lowest BCUT2D eigenvalue weighted by Gasteiger charge is -2.05. The van der Waals surface area contributed by atoms with Crippen molar-refractivity contribution in [2.75, 3.05) is 20.3 Å². The van der Waals surface area contributed by atoms with Crippen LogP contribution < -0.4 is 4.74 Å². The van der Waals surface area contributed by atoms with Gasteiger partial charge in [-0.05, 0) is 12.1 Å². The van der Waals surface area contributed by atoms with Gasteiger partial charge in [-0.25, -0.2) is 4.79 Å². The van der Waals surface area contributed by atoms with E-state index in [1.165, 1.54) is 6.07 Å². The van der Waals surface area contributed by atoms with Crippen molar-refractivity contribution in [3.63, 3.8) is 0 Å². The van der Waals surface area contributed by atoms with Gasteiger partial charge in [-0.15, -0.1) is 0 Å². The Hall–Kier alpha value is -2.01. The summed E-state index contributed by atoms with van der Waals surface area (Å²) >= 11 is 0. The molecule has 0 aliphatic carbocycles. The summed E-state index contributed by atoms with van der Waals surface area (Å²) in [6.45, 7) is 0.849. The normalized spacial score (nSPS) is 10.6. The minimum Gasteiger partial charge on any atom is -0.487 e. The highest BCUT2D eigenvalue weighted by Crippen LogP contribution is 2.28. The number of carboxylic acid groups (broad SMARTS) is 1. The zero-order valence-corrected chi connectivity index (χ0v) is 9.30. The summed E-state index contributed by atoms with van der Waals surface area (Å²) in [7, 11) is 1.58. The molecule has 5 heteroatoms. The van der Waals surface area contributed by atoms with E-state index in [-0.39, 0.29) is 5.76 Å². The predicted octanol–water partition coefficient (Wildman–Crippen LogP) is 2.16. The molecule has 0 radical (unpaired) electrons. The summed E-state index contributed by atoms with van der Waals surface area (Å²) in [5, 5.41) is 9.54. The molecule has 1 aromatic heterocycles. The van der Waals surface area contributed by atoms with Crippen LogP contribution in [0.4, 0.5) is 0 Å². The Bertz CT molecular complexity index is 529. The third-order valence-corrected chi connectivity index (χ3v) is 2.26. The highest BCUT2D eigenvalue weighted by atomic mass is 16.5. The molecule has 1 N–H and O–H groups in total. The minimum atomic E-state index is -1.09. The number of hydrogen-bond donors (Lipinski definition) is 1. The Morgan fingerprint density at radius 2 is 2.24 bits per heavy atom. The molecule has 0 unspecified atom stereocenters. The highest BCUT2D eigenvalue weighted by Gasteiger charge is 2.13. The van der Waals surface area contributed by atoms with E-state index in [0.717, 1.165) is 0 Å². The number of carbonyl (C=O) groups is 1. The lowest BCUT2D eigenvalue weighted by Crippen LogP contribution is -2.04. The maximum atomic E-state index is 10.8. The lowest BCUT2D eigenvalue weighted by atomic mass is 10.2. The first kappa shape index (κ1) is 11.5. The Balaban J connectivity index is 2.32. The number of benzene rings is 1. The zero-order valence-electron chi connectivity index (χ0n) is 9.30. The van der Waals surface area contributed by atoms with Crippen molar-refractivity contribution in [3.8, 4) is 5.75 Å². The van der Waals surface area contributed by atoms with Gasteiger partial charge < -0.3 is 19.0 Å². The standard InChI is InChI=1S/C12H12O5/c1-15-5-6-16-9-4-2-3-8-7-10(12(13)14)17-11(8)9/h2-4,7H,5-6H2,1H3,(H,13,14). The molecule has 0 spiro atoms. The van der Waals surface area contributed by atoms with Crippen LogP contribution in [0.3, 0.4) is 0 Å². The fraction of sp³-hybridized carbons (Fsp3) is 0.250. The zero-order chi connectivity index (χ0) is 12.3. The number of furan rings is 1. The molecule has 17 heavy (non-hydrogen) atoms. The van der Waals surface area contributed by atoms with E-state index in [2.05, 4.69) is 0 Å². The van der Waals surface area contributed by atoms with Gasteiger partial charge in [-0.3, -0.25) is 0 Å². The SMILES string of the molecule is COCCOc1cccc2cc(C(=O)O)oc12. The van der Waals surface area contributed by atoms with Gasteiger partial charge in [0, 0.05) is 12.5 Å². The van der Waals surface area contributed by atoms with Gasteiger partial charge in [0.05, 0.1) is 6.61 Å². The molecule has 5 nitrogen and oxygen atoms in total. The van der Waals surface area contributed by atoms with Gasteiger partial charge in [0.15, 0.2) is 11.3 Å². The molecule has 0 saturated carbocycles. The van der Waals surface area contributed by atoms with Crippen molar-refractivity contribution >= 4 is 16.9 Å². The molecule has 0 amide bonds. The minimum absolute atomic E-state index is 0.0946. The van der Waals surface area contributed by atoms with Gasteiger partial charge in [-0.2, -0.15) is 0 Å². The average Bonchev–Trinajstić information content (AvgIpc) is 2.74. The summed E-state index contributed by atoms with van der Waals surface area (Å²) in [6, 6.07) is 6.76. The molecular weight excluding hydrogens is 224 g/mol. The number of carboxylic acids is 1. The highest BCUT2D eigenvalue weighted by molar-refractivity contribution is 5.93. The molecule has 0 aliphatic heterocycles. The van der Waals surface area contributed by atoms with Gasteiger partial charge in [0.1, 0.15) is 6.61 Å². The molecule has 0 saturated heterocycles. The topological polar surface area (TPSA) is 68.9 Å². The number of methoxy groups -OCH3 is 1. The summed E-state index contributed by atoms with van der Waals surface area (Å²) in [5.74, 6) is -0.668. The fourth-order valence-corrected chi connectivity index (χ4v) is 1.49. The van der Waals surface area contributed by atoms with E-state index in [4.69, 9.17) is 19.0 Å². The van der Waals surface area contributed by atoms with E-state index in [9.17, 15) is 4.79 Å². The molecule has 0 atom stereocenters. The summed E-state index contributed by atoms with van der Waals surface area (Å²) in [4.78, 5) is 10.8. The van der Waals surface area contributed by atoms with Crippen molar-refractivity contribution in [2.45, 2.75) is 0 Å². The number of para-hydroxylation sites is 1. The van der Waals surface area contributed by atoms with E-state index in [1.54, 1.807) is 25.3 Å². The number of rotatable bonds is 5. The van der Waals surface area contributed by atoms with Crippen LogP contribution in [0.5, 0.6) is 5.75 Å².